The summed E-state index contributed by atoms with van der Waals surface area (Å²) >= 11 is 20.1. The average molecular weight is 409 g/mol. The third-order valence-corrected chi connectivity index (χ3v) is 7.06. The van der Waals surface area contributed by atoms with Crippen LogP contribution in [0.15, 0.2) is 38.9 Å². The highest BCUT2D eigenvalue weighted by molar-refractivity contribution is 9.11. The molecular weight excluding hydrogens is 403 g/mol. The third kappa shape index (κ3) is 1.87. The third-order valence-electron chi connectivity index (χ3n) is 2.93. The molecule has 0 N–H and O–H groups in total. The van der Waals surface area contributed by atoms with E-state index >= 15 is 0 Å². The Morgan fingerprint density at radius 1 is 1.00 bits per heavy atom. The predicted octanol–water partition coefficient (Wildman–Crippen LogP) is 4.94. The van der Waals surface area contributed by atoms with E-state index < -0.39 is 4.33 Å². The molecule has 0 amide bonds. The number of benzene rings is 1. The summed E-state index contributed by atoms with van der Waals surface area (Å²) in [4.78, 5) is 0. The molecule has 1 aliphatic rings. The maximum absolute atomic E-state index is 6.55. The number of rotatable bonds is 0. The first-order valence-corrected chi connectivity index (χ1v) is 8.48. The van der Waals surface area contributed by atoms with Gasteiger partial charge in [0.15, 0.2) is 4.33 Å². The zero-order valence-corrected chi connectivity index (χ0v) is 14.3. The molecule has 0 atom stereocenters. The number of hydrogen-bond donors (Lipinski definition) is 0. The molecule has 0 bridgehead atoms. The van der Waals surface area contributed by atoms with Crippen molar-refractivity contribution in [1.82, 2.24) is 0 Å². The molecular formula is C12H6Br2Cl2Si. The Morgan fingerprint density at radius 2 is 1.71 bits per heavy atom. The fraction of sp³-hybridized carbons (Fsp3) is 0.0833. The van der Waals surface area contributed by atoms with Crippen LogP contribution < -0.4 is 0 Å². The van der Waals surface area contributed by atoms with Crippen molar-refractivity contribution in [1.29, 1.82) is 0 Å². The van der Waals surface area contributed by atoms with Gasteiger partial charge in [-0.1, -0.05) is 73.3 Å². The van der Waals surface area contributed by atoms with Crippen LogP contribution in [0.1, 0.15) is 10.7 Å². The number of alkyl halides is 2. The van der Waals surface area contributed by atoms with Gasteiger partial charge in [-0.05, 0) is 32.5 Å². The maximum Gasteiger partial charge on any atom is 0.165 e. The van der Waals surface area contributed by atoms with E-state index in [1.165, 1.54) is 9.65 Å². The Kier molecular flexibility index (Phi) is 3.03. The first-order valence-electron chi connectivity index (χ1n) is 4.98. The van der Waals surface area contributed by atoms with Crippen LogP contribution in [0.3, 0.4) is 0 Å². The Balaban J connectivity index is 2.37. The lowest BCUT2D eigenvalue weighted by Gasteiger charge is -2.16. The van der Waals surface area contributed by atoms with Crippen LogP contribution in [0.4, 0.5) is 0 Å². The van der Waals surface area contributed by atoms with Crippen molar-refractivity contribution < 1.29 is 0 Å². The molecule has 1 aromatic heterocycles. The van der Waals surface area contributed by atoms with Crippen molar-refractivity contribution in [3.05, 3.63) is 49.6 Å². The second-order valence-electron chi connectivity index (χ2n) is 3.95. The Labute approximate surface area is 128 Å². The lowest BCUT2D eigenvalue weighted by atomic mass is 10.1. The van der Waals surface area contributed by atoms with Gasteiger partial charge in [-0.2, -0.15) is 0 Å². The molecule has 0 spiro atoms. The normalized spacial score (nSPS) is 15.5. The van der Waals surface area contributed by atoms with E-state index in [4.69, 9.17) is 23.2 Å². The van der Waals surface area contributed by atoms with Crippen LogP contribution in [0.5, 0.6) is 0 Å². The lowest BCUT2D eigenvalue weighted by Crippen LogP contribution is -2.10. The first-order chi connectivity index (χ1) is 8.00. The molecule has 0 aliphatic heterocycles. The molecule has 2 aromatic rings. The summed E-state index contributed by atoms with van der Waals surface area (Å²) in [5, 5.41) is 1.14. The van der Waals surface area contributed by atoms with E-state index in [1.807, 2.05) is 12.1 Å². The molecule has 17 heavy (non-hydrogen) atoms. The highest BCUT2D eigenvalue weighted by Crippen LogP contribution is 2.53. The largest absolute Gasteiger partial charge is 0.165 e. The smallest absolute Gasteiger partial charge is 0.0913 e. The number of fused-ring (bicyclic) bond motifs is 3. The molecule has 0 nitrogen and oxygen atoms in total. The minimum absolute atomic E-state index is 0.0353. The van der Waals surface area contributed by atoms with Crippen molar-refractivity contribution in [3.63, 3.8) is 0 Å². The number of halogens is 4. The van der Waals surface area contributed by atoms with Crippen molar-refractivity contribution in [3.8, 4) is 11.1 Å². The van der Waals surface area contributed by atoms with Gasteiger partial charge in [0.25, 0.3) is 0 Å². The van der Waals surface area contributed by atoms with Crippen LogP contribution in [0, 0.1) is 0 Å². The molecule has 1 aromatic carbocycles. The van der Waals surface area contributed by atoms with Crippen LogP contribution >= 0.6 is 55.1 Å². The van der Waals surface area contributed by atoms with Crippen LogP contribution in [0.25, 0.3) is 11.1 Å². The molecule has 0 saturated heterocycles. The second kappa shape index (κ2) is 4.17. The SMILES string of the molecule is ClC1(Cl)c2cc(Br)ccc2-c2ccc(Br)[siH]c21. The van der Waals surface area contributed by atoms with Gasteiger partial charge in [-0.25, -0.2) is 0 Å². The molecule has 0 radical (unpaired) electrons. The topological polar surface area (TPSA) is 0 Å². The van der Waals surface area contributed by atoms with Gasteiger partial charge in [-0.15, -0.1) is 0 Å². The quantitative estimate of drug-likeness (QED) is 0.427. The minimum atomic E-state index is -0.881. The minimum Gasteiger partial charge on any atom is -0.0913 e. The molecule has 0 fully saturated rings. The summed E-state index contributed by atoms with van der Waals surface area (Å²) < 4.78 is 1.31. The van der Waals surface area contributed by atoms with Crippen LogP contribution in [-0.4, -0.2) is 9.12 Å². The van der Waals surface area contributed by atoms with Gasteiger partial charge in [0.1, 0.15) is 0 Å². The molecule has 5 heteroatoms. The summed E-state index contributed by atoms with van der Waals surface area (Å²) in [7, 11) is -0.0353. The molecule has 1 aliphatic carbocycles. The van der Waals surface area contributed by atoms with Gasteiger partial charge < -0.3 is 0 Å². The highest BCUT2D eigenvalue weighted by Gasteiger charge is 2.39. The van der Waals surface area contributed by atoms with Gasteiger partial charge in [0.05, 0.1) is 0 Å². The van der Waals surface area contributed by atoms with E-state index in [0.29, 0.717) is 0 Å². The van der Waals surface area contributed by atoms with E-state index in [0.717, 1.165) is 20.8 Å². The van der Waals surface area contributed by atoms with E-state index in [-0.39, 0.29) is 9.12 Å². The van der Waals surface area contributed by atoms with Crippen molar-refractivity contribution in [2.45, 2.75) is 4.33 Å². The standard InChI is InChI=1S/C12H6Br2Cl2Si/c13-6-1-2-7-8-3-4-10(14)17-11(8)12(15,16)9(7)5-6/h1-5,17H. The van der Waals surface area contributed by atoms with Gasteiger partial charge >= 0.3 is 0 Å². The summed E-state index contributed by atoms with van der Waals surface area (Å²) in [5.74, 6) is 0. The summed E-state index contributed by atoms with van der Waals surface area (Å²) in [6.45, 7) is 0. The van der Waals surface area contributed by atoms with E-state index in [2.05, 4.69) is 50.1 Å². The zero-order chi connectivity index (χ0) is 12.2. The van der Waals surface area contributed by atoms with E-state index in [1.54, 1.807) is 0 Å². The molecule has 86 valence electrons. The predicted molar refractivity (Wildman–Crippen MR) is 82.5 cm³/mol. The van der Waals surface area contributed by atoms with Gasteiger partial charge in [0, 0.05) is 19.2 Å². The number of hydrogen-bond acceptors (Lipinski definition) is 0. The lowest BCUT2D eigenvalue weighted by molar-refractivity contribution is 1.11. The second-order valence-corrected chi connectivity index (χ2v) is 9.45. The molecule has 3 rings (SSSR count). The van der Waals surface area contributed by atoms with Crippen LogP contribution in [0.2, 0.25) is 0 Å². The monoisotopic (exact) mass is 406 g/mol. The van der Waals surface area contributed by atoms with Crippen LogP contribution in [-0.2, 0) is 4.33 Å². The molecule has 0 saturated carbocycles. The fourth-order valence-corrected chi connectivity index (χ4v) is 5.40. The van der Waals surface area contributed by atoms with E-state index in [9.17, 15) is 0 Å². The molecule has 0 unspecified atom stereocenters. The summed E-state index contributed by atoms with van der Waals surface area (Å²) in [6.07, 6.45) is 0. The molecule has 1 heterocycles. The highest BCUT2D eigenvalue weighted by atomic mass is 79.9. The first kappa shape index (κ1) is 12.4. The Bertz CT molecular complexity index is 572. The zero-order valence-electron chi connectivity index (χ0n) is 8.48. The maximum atomic E-state index is 6.55. The summed E-state index contributed by atoms with van der Waals surface area (Å²) in [5.41, 5.74) is 3.33. The average Bonchev–Trinajstić information content (AvgIpc) is 2.49. The van der Waals surface area contributed by atoms with Gasteiger partial charge in [0.2, 0.25) is 0 Å². The van der Waals surface area contributed by atoms with Gasteiger partial charge in [-0.3, -0.25) is 0 Å². The Hall–Kier alpha value is 0.327. The van der Waals surface area contributed by atoms with Crippen molar-refractivity contribution in [2.75, 3.05) is 0 Å². The van der Waals surface area contributed by atoms with Crippen molar-refractivity contribution >= 4 is 64.2 Å². The van der Waals surface area contributed by atoms with Crippen molar-refractivity contribution in [2.24, 2.45) is 0 Å². The fourth-order valence-electron chi connectivity index (χ4n) is 2.17. The Morgan fingerprint density at radius 3 is 2.47 bits per heavy atom. The summed E-state index contributed by atoms with van der Waals surface area (Å²) in [6, 6.07) is 10.3.